The first-order valence-corrected chi connectivity index (χ1v) is 9.79. The van der Waals surface area contributed by atoms with Crippen molar-refractivity contribution in [2.45, 2.75) is 38.3 Å². The second-order valence-corrected chi connectivity index (χ2v) is 7.57. The van der Waals surface area contributed by atoms with Gasteiger partial charge in [0.05, 0.1) is 36.4 Å². The molecule has 1 aromatic heterocycles. The molecule has 1 aromatic carbocycles. The quantitative estimate of drug-likeness (QED) is 0.658. The van der Waals surface area contributed by atoms with Crippen LogP contribution in [-0.4, -0.2) is 28.2 Å². The number of hydrogen-bond donors (Lipinski definition) is 3. The van der Waals surface area contributed by atoms with Crippen LogP contribution < -0.4 is 16.1 Å². The van der Waals surface area contributed by atoms with Gasteiger partial charge in [-0.05, 0) is 30.5 Å². The van der Waals surface area contributed by atoms with Gasteiger partial charge in [0.1, 0.15) is 5.02 Å². The molecule has 0 spiro atoms. The fraction of sp³-hybridized carbons (Fsp3) is 0.368. The number of nitrogens with zero attached hydrogens (tertiary/aromatic N) is 4. The van der Waals surface area contributed by atoms with Gasteiger partial charge < -0.3 is 20.3 Å². The van der Waals surface area contributed by atoms with Gasteiger partial charge in [-0.1, -0.05) is 24.4 Å². The normalized spacial score (nSPS) is 20.5. The third-order valence-corrected chi connectivity index (χ3v) is 5.56. The predicted molar refractivity (Wildman–Crippen MR) is 109 cm³/mol. The molecule has 2 aliphatic rings. The summed E-state index contributed by atoms with van der Waals surface area (Å²) in [6.07, 6.45) is 5.36. The Morgan fingerprint density at radius 3 is 2.90 bits per heavy atom. The van der Waals surface area contributed by atoms with Crippen LogP contribution in [0.1, 0.15) is 36.8 Å². The molecule has 10 heteroatoms. The Labute approximate surface area is 173 Å². The highest BCUT2D eigenvalue weighted by Gasteiger charge is 2.31. The third-order valence-electron chi connectivity index (χ3n) is 5.28. The average molecular weight is 409 g/mol. The minimum atomic E-state index is -1.08. The van der Waals surface area contributed by atoms with E-state index in [-0.39, 0.29) is 18.6 Å². The van der Waals surface area contributed by atoms with Crippen molar-refractivity contribution in [3.63, 3.8) is 0 Å². The molecule has 2 atom stereocenters. The van der Waals surface area contributed by atoms with Crippen molar-refractivity contribution in [1.82, 2.24) is 9.97 Å². The molecule has 8 nitrogen and oxygen atoms in total. The average Bonchev–Trinajstić information content (AvgIpc) is 3.11. The minimum absolute atomic E-state index is 0.00202. The summed E-state index contributed by atoms with van der Waals surface area (Å²) in [4.78, 5) is 8.66. The van der Waals surface area contributed by atoms with Crippen molar-refractivity contribution >= 4 is 41.6 Å². The molecule has 4 rings (SSSR count). The number of fused-ring (bicyclic) bond motifs is 1. The Morgan fingerprint density at radius 1 is 1.28 bits per heavy atom. The van der Waals surface area contributed by atoms with Crippen molar-refractivity contribution < 1.29 is 9.68 Å². The van der Waals surface area contributed by atoms with Gasteiger partial charge >= 0.3 is 7.12 Å². The van der Waals surface area contributed by atoms with Crippen LogP contribution in [0.25, 0.3) is 0 Å². The number of rotatable bonds is 4. The number of aromatic nitrogens is 2. The Morgan fingerprint density at radius 2 is 2.10 bits per heavy atom. The zero-order valence-electron chi connectivity index (χ0n) is 15.5. The highest BCUT2D eigenvalue weighted by molar-refractivity contribution is 6.62. The van der Waals surface area contributed by atoms with Gasteiger partial charge in [0, 0.05) is 17.2 Å². The van der Waals surface area contributed by atoms with Crippen LogP contribution in [0.4, 0.5) is 17.5 Å². The van der Waals surface area contributed by atoms with Crippen molar-refractivity contribution in [1.29, 1.82) is 10.5 Å². The van der Waals surface area contributed by atoms with Gasteiger partial charge in [-0.25, -0.2) is 4.98 Å². The van der Waals surface area contributed by atoms with E-state index in [0.29, 0.717) is 33.5 Å². The van der Waals surface area contributed by atoms with Crippen molar-refractivity contribution in [3.05, 3.63) is 34.5 Å². The Hall–Kier alpha value is -2.85. The zero-order chi connectivity index (χ0) is 20.4. The van der Waals surface area contributed by atoms with Crippen LogP contribution in [0.5, 0.6) is 0 Å². The number of benzene rings is 1. The minimum Gasteiger partial charge on any atom is -0.423 e. The first-order chi connectivity index (χ1) is 14.1. The van der Waals surface area contributed by atoms with Crippen molar-refractivity contribution in [2.75, 3.05) is 10.6 Å². The van der Waals surface area contributed by atoms with E-state index >= 15 is 0 Å². The first-order valence-electron chi connectivity index (χ1n) is 9.41. The summed E-state index contributed by atoms with van der Waals surface area (Å²) in [6.45, 7) is 0.228. The summed E-state index contributed by atoms with van der Waals surface area (Å²) in [5.41, 5.74) is 2.18. The molecule has 1 aliphatic carbocycles. The predicted octanol–water partition coefficient (Wildman–Crippen LogP) is 2.46. The molecule has 0 saturated heterocycles. The lowest BCUT2D eigenvalue weighted by Crippen LogP contribution is -2.31. The third kappa shape index (κ3) is 3.99. The van der Waals surface area contributed by atoms with Crippen LogP contribution in [0, 0.1) is 28.6 Å². The zero-order valence-corrected chi connectivity index (χ0v) is 16.3. The van der Waals surface area contributed by atoms with E-state index in [9.17, 15) is 15.5 Å². The topological polar surface area (TPSA) is 127 Å². The standard InChI is InChI=1S/C19H18BClN6O2/c21-15-9-24-19(27-18(15)26-16-4-2-1-3-11(16)7-22)25-14-5-12(8-23)17-13(6-14)10-29-20(17)28/h5-6,9,11,16,28H,1-4,10H2,(H2,24,25,26,27)/t11-,16?/m1/s1. The largest absolute Gasteiger partial charge is 0.493 e. The molecule has 1 fully saturated rings. The number of hydrogen-bond acceptors (Lipinski definition) is 8. The molecule has 1 saturated carbocycles. The highest BCUT2D eigenvalue weighted by Crippen LogP contribution is 2.29. The first kappa shape index (κ1) is 19.5. The van der Waals surface area contributed by atoms with Gasteiger partial charge in [0.2, 0.25) is 5.95 Å². The van der Waals surface area contributed by atoms with Gasteiger partial charge in [0.25, 0.3) is 0 Å². The molecule has 0 bridgehead atoms. The van der Waals surface area contributed by atoms with E-state index in [2.05, 4.69) is 32.7 Å². The number of nitrogens with one attached hydrogen (secondary N) is 2. The summed E-state index contributed by atoms with van der Waals surface area (Å²) < 4.78 is 5.20. The fourth-order valence-electron chi connectivity index (χ4n) is 3.83. The maximum absolute atomic E-state index is 9.87. The lowest BCUT2D eigenvalue weighted by atomic mass is 9.76. The molecule has 2 heterocycles. The molecule has 3 N–H and O–H groups in total. The van der Waals surface area contributed by atoms with E-state index < -0.39 is 7.12 Å². The number of nitriles is 2. The second kappa shape index (κ2) is 8.26. The molecule has 1 aliphatic heterocycles. The summed E-state index contributed by atoms with van der Waals surface area (Å²) in [6, 6.07) is 7.86. The van der Waals surface area contributed by atoms with Crippen LogP contribution in [-0.2, 0) is 11.3 Å². The van der Waals surface area contributed by atoms with Gasteiger partial charge in [-0.3, -0.25) is 0 Å². The van der Waals surface area contributed by atoms with Crippen LogP contribution in [0.15, 0.2) is 18.3 Å². The van der Waals surface area contributed by atoms with Crippen molar-refractivity contribution in [3.8, 4) is 12.1 Å². The van der Waals surface area contributed by atoms with E-state index in [0.717, 1.165) is 31.2 Å². The number of anilines is 3. The molecule has 1 unspecified atom stereocenters. The molecule has 29 heavy (non-hydrogen) atoms. The Balaban J connectivity index is 1.57. The Bertz CT molecular complexity index is 1020. The summed E-state index contributed by atoms with van der Waals surface area (Å²) in [5.74, 6) is 0.703. The fourth-order valence-corrected chi connectivity index (χ4v) is 3.98. The van der Waals surface area contributed by atoms with Crippen molar-refractivity contribution in [2.24, 2.45) is 5.92 Å². The number of halogens is 1. The smallest absolute Gasteiger partial charge is 0.423 e. The molecule has 2 aromatic rings. The van der Waals surface area contributed by atoms with Crippen LogP contribution in [0.3, 0.4) is 0 Å². The van der Waals surface area contributed by atoms with Gasteiger partial charge in [-0.15, -0.1) is 0 Å². The maximum atomic E-state index is 9.87. The molecule has 0 radical (unpaired) electrons. The van der Waals surface area contributed by atoms with Crippen LogP contribution >= 0.6 is 11.6 Å². The van der Waals surface area contributed by atoms with Gasteiger partial charge in [0.15, 0.2) is 5.82 Å². The second-order valence-electron chi connectivity index (χ2n) is 7.16. The Kier molecular flexibility index (Phi) is 5.55. The monoisotopic (exact) mass is 408 g/mol. The highest BCUT2D eigenvalue weighted by atomic mass is 35.5. The molecular formula is C19H18BClN6O2. The summed E-state index contributed by atoms with van der Waals surface area (Å²) >= 11 is 6.26. The molecule has 146 valence electrons. The SMILES string of the molecule is N#Cc1cc(Nc2ncc(Cl)c(NC3CCCC[C@@H]3C#N)n2)cc2c1B(O)OC2. The van der Waals surface area contributed by atoms with E-state index in [1.54, 1.807) is 12.1 Å². The van der Waals surface area contributed by atoms with E-state index in [4.69, 9.17) is 16.3 Å². The lowest BCUT2D eigenvalue weighted by molar-refractivity contribution is 0.275. The summed E-state index contributed by atoms with van der Waals surface area (Å²) in [7, 11) is -1.08. The molecule has 0 amide bonds. The van der Waals surface area contributed by atoms with E-state index in [1.165, 1.54) is 6.20 Å². The maximum Gasteiger partial charge on any atom is 0.493 e. The van der Waals surface area contributed by atoms with E-state index in [1.807, 2.05) is 0 Å². The summed E-state index contributed by atoms with van der Waals surface area (Å²) in [5, 5.41) is 35.4. The molecular weight excluding hydrogens is 391 g/mol. The lowest BCUT2D eigenvalue weighted by Gasteiger charge is -2.28. The van der Waals surface area contributed by atoms with Crippen LogP contribution in [0.2, 0.25) is 5.02 Å². The van der Waals surface area contributed by atoms with Gasteiger partial charge in [-0.2, -0.15) is 15.5 Å².